The van der Waals surface area contributed by atoms with Gasteiger partial charge in [-0.25, -0.2) is 9.97 Å². The first kappa shape index (κ1) is 15.3. The Labute approximate surface area is 126 Å². The van der Waals surface area contributed by atoms with Gasteiger partial charge in [0.05, 0.1) is 5.69 Å². The SMILES string of the molecule is CCc1nn(C)cc1CNc1ncnc(NC)c1C(C)C. The predicted octanol–water partition coefficient (Wildman–Crippen LogP) is 2.55. The van der Waals surface area contributed by atoms with E-state index >= 15 is 0 Å². The topological polar surface area (TPSA) is 67.7 Å². The summed E-state index contributed by atoms with van der Waals surface area (Å²) in [4.78, 5) is 8.69. The summed E-state index contributed by atoms with van der Waals surface area (Å²) in [5, 5.41) is 11.0. The summed E-state index contributed by atoms with van der Waals surface area (Å²) in [6, 6.07) is 0. The van der Waals surface area contributed by atoms with Crippen LogP contribution in [0.5, 0.6) is 0 Å². The third-order valence-electron chi connectivity index (χ3n) is 3.47. The highest BCUT2D eigenvalue weighted by Gasteiger charge is 2.14. The molecule has 2 heterocycles. The van der Waals surface area contributed by atoms with E-state index in [2.05, 4.69) is 52.7 Å². The molecule has 6 heteroatoms. The Morgan fingerprint density at radius 3 is 2.57 bits per heavy atom. The summed E-state index contributed by atoms with van der Waals surface area (Å²) in [5.74, 6) is 2.11. The molecule has 0 fully saturated rings. The van der Waals surface area contributed by atoms with E-state index in [0.717, 1.165) is 35.9 Å². The molecule has 2 aromatic heterocycles. The summed E-state index contributed by atoms with van der Waals surface area (Å²) < 4.78 is 1.86. The molecule has 0 unspecified atom stereocenters. The minimum atomic E-state index is 0.343. The maximum Gasteiger partial charge on any atom is 0.135 e. The van der Waals surface area contributed by atoms with Gasteiger partial charge in [0, 0.05) is 38.0 Å². The second-order valence-electron chi connectivity index (χ2n) is 5.37. The van der Waals surface area contributed by atoms with Gasteiger partial charge < -0.3 is 10.6 Å². The second-order valence-corrected chi connectivity index (χ2v) is 5.37. The minimum Gasteiger partial charge on any atom is -0.373 e. The lowest BCUT2D eigenvalue weighted by molar-refractivity contribution is 0.746. The third-order valence-corrected chi connectivity index (χ3v) is 3.47. The molecule has 0 radical (unpaired) electrons. The first-order valence-corrected chi connectivity index (χ1v) is 7.34. The molecule has 0 saturated carbocycles. The van der Waals surface area contributed by atoms with Crippen LogP contribution in [0, 0.1) is 0 Å². The first-order valence-electron chi connectivity index (χ1n) is 7.34. The smallest absolute Gasteiger partial charge is 0.135 e. The Hall–Kier alpha value is -2.11. The predicted molar refractivity (Wildman–Crippen MR) is 85.6 cm³/mol. The molecule has 2 N–H and O–H groups in total. The molecule has 0 saturated heterocycles. The zero-order valence-electron chi connectivity index (χ0n) is 13.4. The summed E-state index contributed by atoms with van der Waals surface area (Å²) in [6.07, 6.45) is 4.57. The van der Waals surface area contributed by atoms with Crippen LogP contribution in [-0.4, -0.2) is 26.8 Å². The van der Waals surface area contributed by atoms with E-state index in [1.807, 2.05) is 18.8 Å². The van der Waals surface area contributed by atoms with Crippen molar-refractivity contribution >= 4 is 11.6 Å². The number of anilines is 2. The largest absolute Gasteiger partial charge is 0.373 e. The number of aromatic nitrogens is 4. The molecule has 0 aliphatic carbocycles. The van der Waals surface area contributed by atoms with Gasteiger partial charge in [0.15, 0.2) is 0 Å². The fraction of sp³-hybridized carbons (Fsp3) is 0.533. The Balaban J connectivity index is 2.23. The summed E-state index contributed by atoms with van der Waals surface area (Å²) >= 11 is 0. The van der Waals surface area contributed by atoms with Crippen LogP contribution in [0.3, 0.4) is 0 Å². The molecule has 0 bridgehead atoms. The normalized spacial score (nSPS) is 11.0. The van der Waals surface area contributed by atoms with Crippen molar-refractivity contribution < 1.29 is 0 Å². The molecule has 0 spiro atoms. The van der Waals surface area contributed by atoms with Crippen molar-refractivity contribution in [2.45, 2.75) is 39.7 Å². The Morgan fingerprint density at radius 2 is 1.95 bits per heavy atom. The molecule has 6 nitrogen and oxygen atoms in total. The zero-order chi connectivity index (χ0) is 15.4. The Kier molecular flexibility index (Phi) is 4.77. The maximum atomic E-state index is 4.46. The Bertz CT molecular complexity index is 602. The van der Waals surface area contributed by atoms with Crippen molar-refractivity contribution in [3.63, 3.8) is 0 Å². The van der Waals surface area contributed by atoms with Crippen molar-refractivity contribution in [2.24, 2.45) is 7.05 Å². The fourth-order valence-corrected chi connectivity index (χ4v) is 2.49. The lowest BCUT2D eigenvalue weighted by Gasteiger charge is -2.16. The highest BCUT2D eigenvalue weighted by molar-refractivity contribution is 5.58. The van der Waals surface area contributed by atoms with Gasteiger partial charge >= 0.3 is 0 Å². The van der Waals surface area contributed by atoms with Gasteiger partial charge in [0.1, 0.15) is 18.0 Å². The van der Waals surface area contributed by atoms with Crippen LogP contribution in [0.1, 0.15) is 43.5 Å². The van der Waals surface area contributed by atoms with Gasteiger partial charge in [-0.2, -0.15) is 5.10 Å². The average Bonchev–Trinajstić information content (AvgIpc) is 2.84. The van der Waals surface area contributed by atoms with Gasteiger partial charge in [-0.3, -0.25) is 4.68 Å². The lowest BCUT2D eigenvalue weighted by Crippen LogP contribution is -2.10. The fourth-order valence-electron chi connectivity index (χ4n) is 2.49. The van der Waals surface area contributed by atoms with Gasteiger partial charge in [0.2, 0.25) is 0 Å². The molecule has 0 amide bonds. The molecule has 2 rings (SSSR count). The zero-order valence-corrected chi connectivity index (χ0v) is 13.4. The van der Waals surface area contributed by atoms with Gasteiger partial charge in [-0.05, 0) is 12.3 Å². The van der Waals surface area contributed by atoms with Crippen LogP contribution in [0.15, 0.2) is 12.5 Å². The molecule has 0 atom stereocenters. The van der Waals surface area contributed by atoms with Crippen LogP contribution >= 0.6 is 0 Å². The van der Waals surface area contributed by atoms with Gasteiger partial charge in [-0.15, -0.1) is 0 Å². The first-order chi connectivity index (χ1) is 10.1. The van der Waals surface area contributed by atoms with Gasteiger partial charge in [0.25, 0.3) is 0 Å². The summed E-state index contributed by atoms with van der Waals surface area (Å²) in [5.41, 5.74) is 3.44. The molecule has 2 aromatic rings. The number of aryl methyl sites for hydroxylation is 2. The van der Waals surface area contributed by atoms with E-state index < -0.39 is 0 Å². The minimum absolute atomic E-state index is 0.343. The van der Waals surface area contributed by atoms with Crippen LogP contribution in [0.25, 0.3) is 0 Å². The molecule has 0 aliphatic rings. The van der Waals surface area contributed by atoms with Crippen molar-refractivity contribution in [3.05, 3.63) is 29.3 Å². The van der Waals surface area contributed by atoms with Crippen LogP contribution < -0.4 is 10.6 Å². The van der Waals surface area contributed by atoms with Crippen LogP contribution in [0.2, 0.25) is 0 Å². The standard InChI is InChI=1S/C15H24N6/c1-6-12-11(8-21(5)20-12)7-17-15-13(10(2)3)14(16-4)18-9-19-15/h8-10H,6-7H2,1-5H3,(H2,16,17,18,19). The van der Waals surface area contributed by atoms with Crippen LogP contribution in [-0.2, 0) is 20.0 Å². The number of nitrogens with zero attached hydrogens (tertiary/aromatic N) is 4. The molecular weight excluding hydrogens is 264 g/mol. The van der Waals surface area contributed by atoms with E-state index in [4.69, 9.17) is 0 Å². The Morgan fingerprint density at radius 1 is 1.24 bits per heavy atom. The number of nitrogens with one attached hydrogen (secondary N) is 2. The molecule has 114 valence electrons. The van der Waals surface area contributed by atoms with E-state index in [-0.39, 0.29) is 0 Å². The average molecular weight is 288 g/mol. The van der Waals surface area contributed by atoms with E-state index in [1.54, 1.807) is 6.33 Å². The number of rotatable bonds is 6. The molecule has 21 heavy (non-hydrogen) atoms. The summed E-state index contributed by atoms with van der Waals surface area (Å²) in [6.45, 7) is 7.13. The van der Waals surface area contributed by atoms with Crippen LogP contribution in [0.4, 0.5) is 11.6 Å². The number of hydrogen-bond acceptors (Lipinski definition) is 5. The molecular formula is C15H24N6. The van der Waals surface area contributed by atoms with E-state index in [1.165, 1.54) is 5.56 Å². The van der Waals surface area contributed by atoms with E-state index in [9.17, 15) is 0 Å². The van der Waals surface area contributed by atoms with Crippen molar-refractivity contribution in [3.8, 4) is 0 Å². The van der Waals surface area contributed by atoms with Gasteiger partial charge in [-0.1, -0.05) is 20.8 Å². The van der Waals surface area contributed by atoms with Crippen molar-refractivity contribution in [1.82, 2.24) is 19.7 Å². The molecule has 0 aliphatic heterocycles. The number of hydrogen-bond donors (Lipinski definition) is 2. The van der Waals surface area contributed by atoms with Crippen molar-refractivity contribution in [1.29, 1.82) is 0 Å². The monoisotopic (exact) mass is 288 g/mol. The summed E-state index contributed by atoms with van der Waals surface area (Å²) in [7, 11) is 3.83. The lowest BCUT2D eigenvalue weighted by atomic mass is 10.0. The maximum absolute atomic E-state index is 4.46. The quantitative estimate of drug-likeness (QED) is 0.855. The second kappa shape index (κ2) is 6.56. The third kappa shape index (κ3) is 3.32. The van der Waals surface area contributed by atoms with E-state index in [0.29, 0.717) is 5.92 Å². The highest BCUT2D eigenvalue weighted by Crippen LogP contribution is 2.28. The highest BCUT2D eigenvalue weighted by atomic mass is 15.3. The van der Waals surface area contributed by atoms with Crippen molar-refractivity contribution in [2.75, 3.05) is 17.7 Å². The molecule has 0 aromatic carbocycles.